The molecule has 1 aliphatic heterocycles. The summed E-state index contributed by atoms with van der Waals surface area (Å²) >= 11 is 0. The van der Waals surface area contributed by atoms with Gasteiger partial charge >= 0.3 is 12.1 Å². The number of carbonyl (C=O) groups excluding carboxylic acids is 1. The number of pyridine rings is 1. The van der Waals surface area contributed by atoms with Crippen molar-refractivity contribution in [3.05, 3.63) is 36.5 Å². The molecule has 1 atom stereocenters. The van der Waals surface area contributed by atoms with Gasteiger partial charge in [0.15, 0.2) is 0 Å². The van der Waals surface area contributed by atoms with Gasteiger partial charge in [0.2, 0.25) is 10.0 Å². The molecule has 1 fully saturated rings. The molecule has 2 heterocycles. The van der Waals surface area contributed by atoms with E-state index in [0.717, 1.165) is 4.31 Å². The predicted octanol–water partition coefficient (Wildman–Crippen LogP) is 2.35. The molecule has 1 aliphatic rings. The summed E-state index contributed by atoms with van der Waals surface area (Å²) in [6.45, 7) is 4.66. The number of aromatic nitrogens is 1. The Labute approximate surface area is 181 Å². The minimum atomic E-state index is -4.16. The van der Waals surface area contributed by atoms with Crippen LogP contribution in [0.15, 0.2) is 41.4 Å². The lowest BCUT2D eigenvalue weighted by atomic mass is 10.2. The SMILES string of the molecule is CC(C)(C)OC(=O)N1CCN(S(=O)(=O)c2cccc3cccnc23)[C@@H](C(=O)O)C1.Cl. The molecule has 1 N–H and O–H groups in total. The van der Waals surface area contributed by atoms with Gasteiger partial charge in [-0.25, -0.2) is 13.2 Å². The molecular weight excluding hydrogens is 434 g/mol. The average molecular weight is 458 g/mol. The summed E-state index contributed by atoms with van der Waals surface area (Å²) < 4.78 is 32.8. The highest BCUT2D eigenvalue weighted by Crippen LogP contribution is 2.27. The second-order valence-corrected chi connectivity index (χ2v) is 9.59. The molecule has 0 saturated carbocycles. The molecule has 0 spiro atoms. The smallest absolute Gasteiger partial charge is 0.410 e. The number of fused-ring (bicyclic) bond motifs is 1. The number of amides is 1. The summed E-state index contributed by atoms with van der Waals surface area (Å²) in [6, 6.07) is 6.72. The number of nitrogens with zero attached hydrogens (tertiary/aromatic N) is 3. The molecule has 2 aromatic rings. The van der Waals surface area contributed by atoms with Crippen LogP contribution in [-0.4, -0.2) is 71.1 Å². The molecule has 1 aromatic carbocycles. The molecule has 0 radical (unpaired) electrons. The Bertz CT molecular complexity index is 1050. The fourth-order valence-electron chi connectivity index (χ4n) is 3.16. The molecule has 1 aromatic heterocycles. The number of rotatable bonds is 3. The molecule has 0 bridgehead atoms. The second-order valence-electron chi connectivity index (χ2n) is 7.73. The predicted molar refractivity (Wildman–Crippen MR) is 112 cm³/mol. The van der Waals surface area contributed by atoms with Crippen molar-refractivity contribution >= 4 is 45.4 Å². The quantitative estimate of drug-likeness (QED) is 0.751. The van der Waals surface area contributed by atoms with Gasteiger partial charge in [0.05, 0.1) is 12.1 Å². The first-order chi connectivity index (χ1) is 13.5. The van der Waals surface area contributed by atoms with Gasteiger partial charge in [-0.15, -0.1) is 12.4 Å². The number of halogens is 1. The van der Waals surface area contributed by atoms with Crippen molar-refractivity contribution in [1.29, 1.82) is 0 Å². The van der Waals surface area contributed by atoms with Crippen LogP contribution in [0, 0.1) is 0 Å². The zero-order chi connectivity index (χ0) is 21.4. The Morgan fingerprint density at radius 3 is 2.47 bits per heavy atom. The van der Waals surface area contributed by atoms with Crippen LogP contribution in [0.4, 0.5) is 4.79 Å². The van der Waals surface area contributed by atoms with E-state index >= 15 is 0 Å². The first kappa shape index (κ1) is 23.8. The van der Waals surface area contributed by atoms with Crippen LogP contribution in [-0.2, 0) is 19.6 Å². The first-order valence-corrected chi connectivity index (χ1v) is 10.5. The van der Waals surface area contributed by atoms with E-state index < -0.39 is 33.7 Å². The van der Waals surface area contributed by atoms with Crippen LogP contribution in [0.25, 0.3) is 10.9 Å². The van der Waals surface area contributed by atoms with Crippen molar-refractivity contribution in [3.63, 3.8) is 0 Å². The molecule has 0 unspecified atom stereocenters. The van der Waals surface area contributed by atoms with Crippen molar-refractivity contribution in [2.45, 2.75) is 37.3 Å². The van der Waals surface area contributed by atoms with Crippen LogP contribution in [0.3, 0.4) is 0 Å². The fraction of sp³-hybridized carbons (Fsp3) is 0.421. The third-order valence-electron chi connectivity index (χ3n) is 4.45. The Hall–Kier alpha value is -2.43. The Kier molecular flexibility index (Phi) is 6.95. The highest BCUT2D eigenvalue weighted by Gasteiger charge is 2.42. The first-order valence-electron chi connectivity index (χ1n) is 9.07. The summed E-state index contributed by atoms with van der Waals surface area (Å²) in [5, 5.41) is 10.3. The van der Waals surface area contributed by atoms with Crippen molar-refractivity contribution < 1.29 is 27.9 Å². The normalized spacial score (nSPS) is 18.0. The number of hydrogen-bond donors (Lipinski definition) is 1. The molecule has 0 aliphatic carbocycles. The number of benzene rings is 1. The minimum Gasteiger partial charge on any atom is -0.480 e. The van der Waals surface area contributed by atoms with Gasteiger partial charge in [-0.1, -0.05) is 18.2 Å². The van der Waals surface area contributed by atoms with E-state index in [2.05, 4.69) is 4.98 Å². The van der Waals surface area contributed by atoms with Crippen LogP contribution in [0.1, 0.15) is 20.8 Å². The van der Waals surface area contributed by atoms with Crippen LogP contribution in [0.2, 0.25) is 0 Å². The summed E-state index contributed by atoms with van der Waals surface area (Å²) in [6.07, 6.45) is 0.809. The number of aliphatic carboxylic acids is 1. The van der Waals surface area contributed by atoms with E-state index in [1.54, 1.807) is 45.0 Å². The lowest BCUT2D eigenvalue weighted by molar-refractivity contribution is -0.143. The standard InChI is InChI=1S/C19H23N3O6S.ClH/c1-19(2,3)28-18(25)21-10-11-22(14(12-21)17(23)24)29(26,27)15-8-4-6-13-7-5-9-20-16(13)15;/h4-9,14H,10-12H2,1-3H3,(H,23,24);1H/t14-;/m1./s1. The second kappa shape index (κ2) is 8.75. The van der Waals surface area contributed by atoms with Crippen LogP contribution in [0.5, 0.6) is 0 Å². The lowest BCUT2D eigenvalue weighted by Crippen LogP contribution is -2.59. The van der Waals surface area contributed by atoms with Crippen molar-refractivity contribution in [2.75, 3.05) is 19.6 Å². The van der Waals surface area contributed by atoms with E-state index in [1.807, 2.05) is 0 Å². The van der Waals surface area contributed by atoms with Gasteiger partial charge in [-0.05, 0) is 32.9 Å². The van der Waals surface area contributed by atoms with E-state index in [9.17, 15) is 23.1 Å². The number of ether oxygens (including phenoxy) is 1. The van der Waals surface area contributed by atoms with Crippen molar-refractivity contribution in [2.24, 2.45) is 0 Å². The van der Waals surface area contributed by atoms with Crippen molar-refractivity contribution in [1.82, 2.24) is 14.2 Å². The largest absolute Gasteiger partial charge is 0.480 e. The summed E-state index contributed by atoms with van der Waals surface area (Å²) in [7, 11) is -4.16. The number of hydrogen-bond acceptors (Lipinski definition) is 6. The fourth-order valence-corrected chi connectivity index (χ4v) is 4.89. The third-order valence-corrected chi connectivity index (χ3v) is 6.39. The van der Waals surface area contributed by atoms with E-state index in [-0.39, 0.29) is 42.5 Å². The molecule has 164 valence electrons. The summed E-state index contributed by atoms with van der Waals surface area (Å²) in [5.41, 5.74) is -0.470. The van der Waals surface area contributed by atoms with E-state index in [0.29, 0.717) is 5.39 Å². The molecule has 1 saturated heterocycles. The lowest BCUT2D eigenvalue weighted by Gasteiger charge is -2.38. The minimum absolute atomic E-state index is 0. The van der Waals surface area contributed by atoms with Crippen LogP contribution >= 0.6 is 12.4 Å². The Balaban J connectivity index is 0.00000320. The van der Waals surface area contributed by atoms with Gasteiger partial charge in [-0.3, -0.25) is 9.78 Å². The highest BCUT2D eigenvalue weighted by molar-refractivity contribution is 7.89. The highest BCUT2D eigenvalue weighted by atomic mass is 35.5. The zero-order valence-corrected chi connectivity index (χ0v) is 18.4. The topological polar surface area (TPSA) is 117 Å². The van der Waals surface area contributed by atoms with Crippen molar-refractivity contribution in [3.8, 4) is 0 Å². The maximum absolute atomic E-state index is 13.3. The maximum Gasteiger partial charge on any atom is 0.410 e. The van der Waals surface area contributed by atoms with Gasteiger partial charge in [0.25, 0.3) is 0 Å². The number of carboxylic acid groups (broad SMARTS) is 1. The maximum atomic E-state index is 13.3. The van der Waals surface area contributed by atoms with Gasteiger partial charge in [-0.2, -0.15) is 4.31 Å². The molecule has 3 rings (SSSR count). The van der Waals surface area contributed by atoms with Gasteiger partial charge < -0.3 is 14.7 Å². The molecule has 9 nitrogen and oxygen atoms in total. The molecule has 11 heteroatoms. The summed E-state index contributed by atoms with van der Waals surface area (Å²) in [5.74, 6) is -1.34. The van der Waals surface area contributed by atoms with E-state index in [1.165, 1.54) is 17.2 Å². The Morgan fingerprint density at radius 2 is 1.83 bits per heavy atom. The summed E-state index contributed by atoms with van der Waals surface area (Å²) in [4.78, 5) is 29.5. The number of piperazine rings is 1. The third kappa shape index (κ3) is 4.82. The monoisotopic (exact) mass is 457 g/mol. The number of carbonyl (C=O) groups is 2. The molecule has 30 heavy (non-hydrogen) atoms. The van der Waals surface area contributed by atoms with E-state index in [4.69, 9.17) is 4.74 Å². The molecular formula is C19H24ClN3O6S. The van der Waals surface area contributed by atoms with Gasteiger partial charge in [0.1, 0.15) is 16.5 Å². The van der Waals surface area contributed by atoms with Crippen LogP contribution < -0.4 is 0 Å². The number of para-hydroxylation sites is 1. The average Bonchev–Trinajstić information content (AvgIpc) is 2.65. The molecule has 1 amide bonds. The number of sulfonamides is 1. The number of carboxylic acids is 1. The Morgan fingerprint density at radius 1 is 1.17 bits per heavy atom. The van der Waals surface area contributed by atoms with Gasteiger partial charge in [0, 0.05) is 24.7 Å². The zero-order valence-electron chi connectivity index (χ0n) is 16.8.